The second-order valence-corrected chi connectivity index (χ2v) is 11.2. The highest BCUT2D eigenvalue weighted by molar-refractivity contribution is 7.92. The number of alkyl halides is 3. The summed E-state index contributed by atoms with van der Waals surface area (Å²) in [5, 5.41) is 8.68. The van der Waals surface area contributed by atoms with E-state index in [0.717, 1.165) is 38.1 Å². The molecule has 1 atom stereocenters. The molecule has 2 N–H and O–H groups in total. The number of aromatic nitrogens is 1. The van der Waals surface area contributed by atoms with Gasteiger partial charge in [-0.3, -0.25) is 9.62 Å². The zero-order chi connectivity index (χ0) is 28.8. The van der Waals surface area contributed by atoms with E-state index >= 15 is 0 Å². The van der Waals surface area contributed by atoms with Crippen LogP contribution in [0.2, 0.25) is 5.02 Å². The monoisotopic (exact) mass is 609 g/mol. The smallest absolute Gasteiger partial charge is 0.489 e. The molecular formula is C24H24ClF4N3O5S2. The Bertz CT molecular complexity index is 1350. The summed E-state index contributed by atoms with van der Waals surface area (Å²) in [6.45, 7) is 3.86. The highest BCUT2D eigenvalue weighted by atomic mass is 35.5. The van der Waals surface area contributed by atoms with Crippen molar-refractivity contribution in [1.29, 1.82) is 0 Å². The van der Waals surface area contributed by atoms with Gasteiger partial charge in [-0.05, 0) is 31.4 Å². The number of likely N-dealkylation sites (tertiary alicyclic amines) is 1. The van der Waals surface area contributed by atoms with Gasteiger partial charge in [0.05, 0.1) is 10.5 Å². The Morgan fingerprint density at radius 1 is 1.23 bits per heavy atom. The van der Waals surface area contributed by atoms with E-state index in [1.807, 2.05) is 18.2 Å². The molecule has 0 bridgehead atoms. The van der Waals surface area contributed by atoms with Gasteiger partial charge in [-0.2, -0.15) is 13.2 Å². The van der Waals surface area contributed by atoms with Gasteiger partial charge < -0.3 is 9.84 Å². The third-order valence-electron chi connectivity index (χ3n) is 5.79. The van der Waals surface area contributed by atoms with Gasteiger partial charge in [0, 0.05) is 30.6 Å². The van der Waals surface area contributed by atoms with E-state index in [1.54, 1.807) is 0 Å². The van der Waals surface area contributed by atoms with Gasteiger partial charge in [-0.15, -0.1) is 11.3 Å². The second-order valence-electron chi connectivity index (χ2n) is 8.43. The average Bonchev–Trinajstić information content (AvgIpc) is 3.38. The average molecular weight is 610 g/mol. The Labute approximate surface area is 231 Å². The highest BCUT2D eigenvalue weighted by Crippen LogP contribution is 2.33. The van der Waals surface area contributed by atoms with Crippen LogP contribution >= 0.6 is 22.9 Å². The molecule has 1 saturated heterocycles. The van der Waals surface area contributed by atoms with Gasteiger partial charge in [0.15, 0.2) is 5.82 Å². The first kappa shape index (κ1) is 30.6. The number of nitrogens with zero attached hydrogens (tertiary/aromatic N) is 2. The van der Waals surface area contributed by atoms with E-state index in [2.05, 4.69) is 33.7 Å². The second kappa shape index (κ2) is 12.9. The van der Waals surface area contributed by atoms with Crippen molar-refractivity contribution in [2.24, 2.45) is 0 Å². The Balaban J connectivity index is 0.000000532. The number of carbonyl (C=O) groups is 1. The molecule has 0 saturated carbocycles. The molecule has 2 heterocycles. The quantitative estimate of drug-likeness (QED) is 0.318. The van der Waals surface area contributed by atoms with Gasteiger partial charge >= 0.3 is 12.1 Å². The molecular weight excluding hydrogens is 586 g/mol. The number of hydrogen-bond acceptors (Lipinski definition) is 7. The predicted molar refractivity (Wildman–Crippen MR) is 138 cm³/mol. The van der Waals surface area contributed by atoms with Crippen molar-refractivity contribution in [1.82, 2.24) is 9.88 Å². The van der Waals surface area contributed by atoms with Gasteiger partial charge in [0.25, 0.3) is 10.0 Å². The molecule has 2 aromatic carbocycles. The normalized spacial score (nSPS) is 15.6. The SMILES string of the molecule is CC(c1ccccc1)N1CCC(Oc2cc(F)c(S(=O)(=O)Nc3cscn3)cc2Cl)CC1.O=C(O)C(F)(F)F. The van der Waals surface area contributed by atoms with E-state index in [0.29, 0.717) is 6.04 Å². The summed E-state index contributed by atoms with van der Waals surface area (Å²) in [6.07, 6.45) is -3.68. The van der Waals surface area contributed by atoms with Crippen LogP contribution in [0.4, 0.5) is 23.4 Å². The number of halogens is 5. The number of rotatable bonds is 7. The molecule has 1 aromatic heterocycles. The number of aliphatic carboxylic acids is 1. The summed E-state index contributed by atoms with van der Waals surface area (Å²) in [7, 11) is -4.16. The Kier molecular flexibility index (Phi) is 10.2. The Morgan fingerprint density at radius 2 is 1.85 bits per heavy atom. The number of carboxylic acid groups (broad SMARTS) is 1. The maximum absolute atomic E-state index is 14.7. The molecule has 3 aromatic rings. The van der Waals surface area contributed by atoms with Crippen LogP contribution in [0.5, 0.6) is 5.75 Å². The minimum atomic E-state index is -5.08. The van der Waals surface area contributed by atoms with Crippen molar-refractivity contribution in [3.05, 3.63) is 69.8 Å². The number of benzene rings is 2. The standard InChI is InChI=1S/C22H23ClFN3O3S2.C2HF3O2/c1-15(16-5-3-2-4-6-16)27-9-7-17(8-10-27)30-20-12-19(24)21(11-18(20)23)32(28,29)26-22-13-31-14-25-22;3-2(4,5)1(6)7/h2-6,11-15,17,26H,7-10H2,1H3;(H,6,7). The summed E-state index contributed by atoms with van der Waals surface area (Å²) < 4.78 is 79.6. The molecule has 0 aliphatic carbocycles. The molecule has 1 aliphatic heterocycles. The van der Waals surface area contributed by atoms with Crippen LogP contribution in [0.1, 0.15) is 31.4 Å². The molecule has 1 unspecified atom stereocenters. The largest absolute Gasteiger partial charge is 0.490 e. The topological polar surface area (TPSA) is 109 Å². The first-order valence-electron chi connectivity index (χ1n) is 11.4. The molecule has 0 radical (unpaired) electrons. The minimum absolute atomic E-state index is 0.0464. The van der Waals surface area contributed by atoms with E-state index in [9.17, 15) is 26.0 Å². The lowest BCUT2D eigenvalue weighted by atomic mass is 10.0. The number of anilines is 1. The van der Waals surface area contributed by atoms with Gasteiger partial charge in [-0.1, -0.05) is 41.9 Å². The fourth-order valence-electron chi connectivity index (χ4n) is 3.77. The lowest BCUT2D eigenvalue weighted by Crippen LogP contribution is -2.39. The summed E-state index contributed by atoms with van der Waals surface area (Å²) >= 11 is 7.48. The molecule has 1 fully saturated rings. The summed E-state index contributed by atoms with van der Waals surface area (Å²) in [5.74, 6) is -3.41. The molecule has 39 heavy (non-hydrogen) atoms. The van der Waals surface area contributed by atoms with Crippen molar-refractivity contribution in [2.45, 2.75) is 43.0 Å². The first-order valence-corrected chi connectivity index (χ1v) is 14.2. The zero-order valence-corrected chi connectivity index (χ0v) is 22.7. The van der Waals surface area contributed by atoms with Gasteiger partial charge in [-0.25, -0.2) is 22.6 Å². The van der Waals surface area contributed by atoms with E-state index in [4.69, 9.17) is 26.2 Å². The number of thiazole rings is 1. The van der Waals surface area contributed by atoms with Gasteiger partial charge in [0.2, 0.25) is 0 Å². The van der Waals surface area contributed by atoms with Crippen LogP contribution in [0, 0.1) is 5.82 Å². The molecule has 8 nitrogen and oxygen atoms in total. The van der Waals surface area contributed by atoms with Crippen LogP contribution in [-0.2, 0) is 14.8 Å². The molecule has 1 aliphatic rings. The van der Waals surface area contributed by atoms with Crippen LogP contribution in [0.25, 0.3) is 0 Å². The fraction of sp³-hybridized carbons (Fsp3) is 0.333. The molecule has 15 heteroatoms. The minimum Gasteiger partial charge on any atom is -0.489 e. The maximum atomic E-state index is 14.7. The molecule has 4 rings (SSSR count). The predicted octanol–water partition coefficient (Wildman–Crippen LogP) is 5.97. The van der Waals surface area contributed by atoms with E-state index in [1.165, 1.54) is 27.8 Å². The molecule has 0 spiro atoms. The summed E-state index contributed by atoms with van der Waals surface area (Å²) in [6, 6.07) is 12.7. The Hall–Kier alpha value is -2.94. The molecule has 0 amide bonds. The fourth-order valence-corrected chi connectivity index (χ4v) is 5.68. The lowest BCUT2D eigenvalue weighted by molar-refractivity contribution is -0.192. The zero-order valence-electron chi connectivity index (χ0n) is 20.4. The third-order valence-corrected chi connectivity index (χ3v) is 8.04. The van der Waals surface area contributed by atoms with Crippen molar-refractivity contribution in [3.8, 4) is 5.75 Å². The van der Waals surface area contributed by atoms with Crippen LogP contribution in [-0.4, -0.2) is 54.7 Å². The van der Waals surface area contributed by atoms with Crippen molar-refractivity contribution >= 4 is 44.7 Å². The lowest BCUT2D eigenvalue weighted by Gasteiger charge is -2.36. The van der Waals surface area contributed by atoms with Crippen LogP contribution < -0.4 is 9.46 Å². The maximum Gasteiger partial charge on any atom is 0.490 e. The van der Waals surface area contributed by atoms with Crippen molar-refractivity contribution in [2.75, 3.05) is 17.8 Å². The number of nitrogens with one attached hydrogen (secondary N) is 1. The van der Waals surface area contributed by atoms with Crippen LogP contribution in [0.15, 0.2) is 58.3 Å². The number of ether oxygens (including phenoxy) is 1. The number of hydrogen-bond donors (Lipinski definition) is 2. The van der Waals surface area contributed by atoms with Crippen LogP contribution in [0.3, 0.4) is 0 Å². The number of carboxylic acids is 1. The molecule has 212 valence electrons. The van der Waals surface area contributed by atoms with E-state index < -0.39 is 32.9 Å². The van der Waals surface area contributed by atoms with Crippen molar-refractivity contribution < 1.29 is 40.6 Å². The highest BCUT2D eigenvalue weighted by Gasteiger charge is 2.38. The number of sulfonamides is 1. The van der Waals surface area contributed by atoms with Crippen molar-refractivity contribution in [3.63, 3.8) is 0 Å². The van der Waals surface area contributed by atoms with E-state index in [-0.39, 0.29) is 22.7 Å². The summed E-state index contributed by atoms with van der Waals surface area (Å²) in [5.41, 5.74) is 2.74. The Morgan fingerprint density at radius 3 is 2.38 bits per heavy atom. The first-order chi connectivity index (χ1) is 18.3. The summed E-state index contributed by atoms with van der Waals surface area (Å²) in [4.78, 5) is 14.6. The third kappa shape index (κ3) is 8.52. The number of piperidine rings is 1. The van der Waals surface area contributed by atoms with Gasteiger partial charge in [0.1, 0.15) is 22.6 Å².